The Labute approximate surface area is 248 Å². The second kappa shape index (κ2) is 15.0. The fourth-order valence-electron chi connectivity index (χ4n) is 4.38. The molecule has 0 saturated heterocycles. The number of allylic oxidation sites excluding steroid dienone is 2. The standard InChI is InChI=1S/C30H45ClO10/c1-12-16(3)27(34)40-22(15-24(38-19(6)32)29(8,9)37-11)18(5)21-14-23(31)30(10,36)26(39-20(7)33)25(21)41-28(35)17(4)13-2/h12-13,21-26,36H,5,14-15H2,1-4,6-11H3/b16-12-,17-13-/t21-,22+,23+,24+,25+,26+,30-/m0/s1. The number of carbonyl (C=O) groups excluding carboxylic acids is 4. The van der Waals surface area contributed by atoms with Crippen LogP contribution in [0.2, 0.25) is 0 Å². The minimum absolute atomic E-state index is 0.0283. The van der Waals surface area contributed by atoms with Gasteiger partial charge in [-0.1, -0.05) is 18.7 Å². The second-order valence-corrected chi connectivity index (χ2v) is 11.5. The minimum atomic E-state index is -1.79. The predicted molar refractivity (Wildman–Crippen MR) is 153 cm³/mol. The molecule has 1 rings (SSSR count). The molecule has 11 heteroatoms. The van der Waals surface area contributed by atoms with Crippen LogP contribution in [0.15, 0.2) is 35.5 Å². The molecule has 1 saturated carbocycles. The molecular weight excluding hydrogens is 556 g/mol. The average molecular weight is 601 g/mol. The summed E-state index contributed by atoms with van der Waals surface area (Å²) < 4.78 is 28.3. The van der Waals surface area contributed by atoms with Gasteiger partial charge in [0.25, 0.3) is 0 Å². The van der Waals surface area contributed by atoms with Crippen molar-refractivity contribution in [1.82, 2.24) is 0 Å². The molecule has 0 radical (unpaired) electrons. The van der Waals surface area contributed by atoms with E-state index in [0.717, 1.165) is 6.92 Å². The number of ether oxygens (including phenoxy) is 5. The maximum absolute atomic E-state index is 13.0. The van der Waals surface area contributed by atoms with E-state index in [1.54, 1.807) is 53.7 Å². The van der Waals surface area contributed by atoms with Crippen LogP contribution in [0.3, 0.4) is 0 Å². The lowest BCUT2D eigenvalue weighted by Gasteiger charge is -2.48. The van der Waals surface area contributed by atoms with E-state index in [-0.39, 0.29) is 24.0 Å². The monoisotopic (exact) mass is 600 g/mol. The molecule has 232 valence electrons. The molecule has 0 aromatic heterocycles. The predicted octanol–water partition coefficient (Wildman–Crippen LogP) is 4.36. The van der Waals surface area contributed by atoms with Gasteiger partial charge in [-0.25, -0.2) is 9.59 Å². The third-order valence-corrected chi connectivity index (χ3v) is 8.21. The average Bonchev–Trinajstić information content (AvgIpc) is 2.89. The van der Waals surface area contributed by atoms with E-state index >= 15 is 0 Å². The third-order valence-electron chi connectivity index (χ3n) is 7.59. The van der Waals surface area contributed by atoms with Crippen LogP contribution in [0.25, 0.3) is 0 Å². The Morgan fingerprint density at radius 2 is 1.54 bits per heavy atom. The van der Waals surface area contributed by atoms with Gasteiger partial charge in [0.1, 0.15) is 23.9 Å². The molecule has 10 nitrogen and oxygen atoms in total. The van der Waals surface area contributed by atoms with Crippen molar-refractivity contribution in [3.05, 3.63) is 35.5 Å². The Bertz CT molecular complexity index is 1060. The Hall–Kier alpha value is -2.69. The van der Waals surface area contributed by atoms with E-state index < -0.39 is 70.8 Å². The normalized spacial score (nSPS) is 26.8. The van der Waals surface area contributed by atoms with Crippen LogP contribution < -0.4 is 0 Å². The summed E-state index contributed by atoms with van der Waals surface area (Å²) in [6.07, 6.45) is -1.49. The van der Waals surface area contributed by atoms with E-state index in [4.69, 9.17) is 35.3 Å². The van der Waals surface area contributed by atoms with Crippen molar-refractivity contribution in [3.63, 3.8) is 0 Å². The number of halogens is 1. The largest absolute Gasteiger partial charge is 0.459 e. The number of esters is 4. The molecule has 0 spiro atoms. The number of carbonyl (C=O) groups is 4. The lowest BCUT2D eigenvalue weighted by Crippen LogP contribution is -2.63. The van der Waals surface area contributed by atoms with Gasteiger partial charge in [0.15, 0.2) is 6.10 Å². The fourth-order valence-corrected chi connectivity index (χ4v) is 4.69. The van der Waals surface area contributed by atoms with Crippen molar-refractivity contribution in [2.75, 3.05) is 7.11 Å². The molecule has 0 bridgehead atoms. The summed E-state index contributed by atoms with van der Waals surface area (Å²) in [7, 11) is 1.46. The van der Waals surface area contributed by atoms with E-state index in [1.165, 1.54) is 21.0 Å². The SMILES string of the molecule is C=C([C@@H](C[C@@H](OC(C)=O)C(C)(C)OC)OC(=O)/C(C)=C\C)[C@@H]1C[C@@H](Cl)[C@](C)(O)[C@H](OC(C)=O)[C@@H]1OC(=O)/C(C)=C\C. The van der Waals surface area contributed by atoms with Crippen molar-refractivity contribution in [3.8, 4) is 0 Å². The van der Waals surface area contributed by atoms with Gasteiger partial charge in [-0.3, -0.25) is 9.59 Å². The van der Waals surface area contributed by atoms with Gasteiger partial charge in [0, 0.05) is 44.4 Å². The van der Waals surface area contributed by atoms with E-state index in [9.17, 15) is 24.3 Å². The molecular formula is C30H45ClO10. The van der Waals surface area contributed by atoms with Crippen molar-refractivity contribution >= 4 is 35.5 Å². The molecule has 7 atom stereocenters. The topological polar surface area (TPSA) is 135 Å². The van der Waals surface area contributed by atoms with Gasteiger partial charge in [0.2, 0.25) is 0 Å². The number of aliphatic hydroxyl groups is 1. The zero-order chi connectivity index (χ0) is 31.9. The van der Waals surface area contributed by atoms with E-state index in [0.29, 0.717) is 5.57 Å². The van der Waals surface area contributed by atoms with Crippen LogP contribution in [0, 0.1) is 5.92 Å². The van der Waals surface area contributed by atoms with Gasteiger partial charge >= 0.3 is 23.9 Å². The molecule has 41 heavy (non-hydrogen) atoms. The first-order valence-electron chi connectivity index (χ1n) is 13.5. The molecule has 0 aromatic rings. The summed E-state index contributed by atoms with van der Waals surface area (Å²) in [5.41, 5.74) is -1.91. The van der Waals surface area contributed by atoms with Crippen molar-refractivity contribution < 1.29 is 48.0 Å². The Morgan fingerprint density at radius 3 is 2.00 bits per heavy atom. The molecule has 0 heterocycles. The zero-order valence-corrected chi connectivity index (χ0v) is 26.5. The van der Waals surface area contributed by atoms with Gasteiger partial charge in [-0.2, -0.15) is 0 Å². The molecule has 0 aliphatic heterocycles. The van der Waals surface area contributed by atoms with Crippen LogP contribution in [-0.2, 0) is 42.9 Å². The second-order valence-electron chi connectivity index (χ2n) is 11.0. The van der Waals surface area contributed by atoms with Crippen molar-refractivity contribution in [1.29, 1.82) is 0 Å². The highest BCUT2D eigenvalue weighted by atomic mass is 35.5. The zero-order valence-electron chi connectivity index (χ0n) is 25.7. The van der Waals surface area contributed by atoms with E-state index in [2.05, 4.69) is 6.58 Å². The quantitative estimate of drug-likeness (QED) is 0.113. The number of hydrogen-bond donors (Lipinski definition) is 1. The third kappa shape index (κ3) is 9.41. The number of rotatable bonds is 12. The van der Waals surface area contributed by atoms with Gasteiger partial charge in [-0.15, -0.1) is 11.6 Å². The Balaban J connectivity index is 3.73. The summed E-state index contributed by atoms with van der Waals surface area (Å²) in [6.45, 7) is 17.9. The summed E-state index contributed by atoms with van der Waals surface area (Å²) in [4.78, 5) is 50.0. The summed E-state index contributed by atoms with van der Waals surface area (Å²) in [5.74, 6) is -3.48. The molecule has 1 aliphatic rings. The summed E-state index contributed by atoms with van der Waals surface area (Å²) in [5, 5.41) is 10.3. The first-order valence-corrected chi connectivity index (χ1v) is 13.9. The smallest absolute Gasteiger partial charge is 0.333 e. The number of methoxy groups -OCH3 is 1. The first kappa shape index (κ1) is 36.3. The lowest BCUT2D eigenvalue weighted by atomic mass is 9.70. The highest BCUT2D eigenvalue weighted by molar-refractivity contribution is 6.21. The van der Waals surface area contributed by atoms with Crippen LogP contribution in [0.1, 0.15) is 75.2 Å². The lowest BCUT2D eigenvalue weighted by molar-refractivity contribution is -0.203. The summed E-state index contributed by atoms with van der Waals surface area (Å²) in [6, 6.07) is 0. The molecule has 0 amide bonds. The molecule has 0 unspecified atom stereocenters. The number of alkyl halides is 1. The van der Waals surface area contributed by atoms with Crippen molar-refractivity contribution in [2.24, 2.45) is 5.92 Å². The Morgan fingerprint density at radius 1 is 1.00 bits per heavy atom. The maximum atomic E-state index is 13.0. The van der Waals surface area contributed by atoms with E-state index in [1.807, 2.05) is 0 Å². The van der Waals surface area contributed by atoms with Crippen molar-refractivity contribution in [2.45, 2.75) is 116 Å². The van der Waals surface area contributed by atoms with Crippen LogP contribution in [-0.4, -0.2) is 77.1 Å². The molecule has 0 aromatic carbocycles. The van der Waals surface area contributed by atoms with Crippen LogP contribution >= 0.6 is 11.6 Å². The molecule has 1 aliphatic carbocycles. The van der Waals surface area contributed by atoms with Crippen LogP contribution in [0.4, 0.5) is 0 Å². The molecule has 1 N–H and O–H groups in total. The fraction of sp³-hybridized carbons (Fsp3) is 0.667. The highest BCUT2D eigenvalue weighted by Crippen LogP contribution is 2.44. The highest BCUT2D eigenvalue weighted by Gasteiger charge is 2.56. The summed E-state index contributed by atoms with van der Waals surface area (Å²) >= 11 is 6.63. The first-order chi connectivity index (χ1) is 18.8. The van der Waals surface area contributed by atoms with Gasteiger partial charge < -0.3 is 28.8 Å². The van der Waals surface area contributed by atoms with Crippen LogP contribution in [0.5, 0.6) is 0 Å². The molecule has 1 fully saturated rings. The number of hydrogen-bond acceptors (Lipinski definition) is 10. The Kier molecular flexibility index (Phi) is 13.3. The van der Waals surface area contributed by atoms with Gasteiger partial charge in [-0.05, 0) is 60.5 Å². The maximum Gasteiger partial charge on any atom is 0.333 e. The van der Waals surface area contributed by atoms with Gasteiger partial charge in [0.05, 0.1) is 11.0 Å². The minimum Gasteiger partial charge on any atom is -0.459 e.